The zero-order valence-corrected chi connectivity index (χ0v) is 16.7. The Bertz CT molecular complexity index is 1230. The molecule has 1 N–H and O–H groups in total. The first-order valence-corrected chi connectivity index (χ1v) is 9.81. The number of fused-ring (bicyclic) bond motifs is 1. The van der Waals surface area contributed by atoms with E-state index in [1.807, 2.05) is 37.3 Å². The summed E-state index contributed by atoms with van der Waals surface area (Å²) in [6.45, 7) is 4.00. The van der Waals surface area contributed by atoms with Gasteiger partial charge in [-0.05, 0) is 19.4 Å². The molecule has 0 aliphatic carbocycles. The molecule has 0 radical (unpaired) electrons. The van der Waals surface area contributed by atoms with E-state index in [0.717, 1.165) is 22.4 Å². The summed E-state index contributed by atoms with van der Waals surface area (Å²) in [5.74, 6) is 0.821. The molecular formula is C23H20N6O. The molecule has 30 heavy (non-hydrogen) atoms. The maximum atomic E-state index is 12.5. The largest absolute Gasteiger partial charge is 0.310 e. The van der Waals surface area contributed by atoms with Crippen molar-refractivity contribution in [2.24, 2.45) is 0 Å². The van der Waals surface area contributed by atoms with Gasteiger partial charge in [-0.15, -0.1) is 5.10 Å². The molecule has 0 fully saturated rings. The molecule has 2 aromatic carbocycles. The molecular weight excluding hydrogens is 376 g/mol. The third kappa shape index (κ3) is 3.14. The zero-order chi connectivity index (χ0) is 20.7. The van der Waals surface area contributed by atoms with Crippen molar-refractivity contribution in [1.29, 1.82) is 0 Å². The Kier molecular flexibility index (Phi) is 4.35. The molecule has 1 aliphatic rings. The van der Waals surface area contributed by atoms with Gasteiger partial charge in [0.25, 0.3) is 5.95 Å². The smallest absolute Gasteiger partial charge is 0.272 e. The topological polar surface area (TPSA) is 85.6 Å². The first-order chi connectivity index (χ1) is 14.6. The summed E-state index contributed by atoms with van der Waals surface area (Å²) in [7, 11) is 0. The van der Waals surface area contributed by atoms with Crippen molar-refractivity contribution in [3.05, 3.63) is 83.2 Å². The van der Waals surface area contributed by atoms with Crippen LogP contribution < -0.4 is 5.32 Å². The first-order valence-electron chi connectivity index (χ1n) is 9.81. The molecule has 1 atom stereocenters. The SMILES string of the molecule is Cc1ccc([C@@H]2CC(=O)Nc3c2c(C)nn3-c2nncc(-c3ccccc3)n2)cc1. The molecule has 2 aromatic heterocycles. The molecule has 0 spiro atoms. The molecule has 7 heteroatoms. The van der Waals surface area contributed by atoms with Gasteiger partial charge in [-0.3, -0.25) is 4.79 Å². The third-order valence-corrected chi connectivity index (χ3v) is 5.39. The van der Waals surface area contributed by atoms with Gasteiger partial charge in [0.05, 0.1) is 17.6 Å². The monoisotopic (exact) mass is 396 g/mol. The molecule has 1 aliphatic heterocycles. The average Bonchev–Trinajstić information content (AvgIpc) is 3.11. The summed E-state index contributed by atoms with van der Waals surface area (Å²) in [4.78, 5) is 17.2. The summed E-state index contributed by atoms with van der Waals surface area (Å²) in [5.41, 5.74) is 5.74. The van der Waals surface area contributed by atoms with Crippen molar-refractivity contribution < 1.29 is 4.79 Å². The molecule has 3 heterocycles. The van der Waals surface area contributed by atoms with Crippen molar-refractivity contribution in [1.82, 2.24) is 25.0 Å². The van der Waals surface area contributed by atoms with Crippen LogP contribution in [0.5, 0.6) is 0 Å². The fraction of sp³-hybridized carbons (Fsp3) is 0.174. The van der Waals surface area contributed by atoms with Crippen LogP contribution in [0, 0.1) is 13.8 Å². The molecule has 0 unspecified atom stereocenters. The van der Waals surface area contributed by atoms with Crippen LogP contribution in [0.3, 0.4) is 0 Å². The highest BCUT2D eigenvalue weighted by molar-refractivity contribution is 5.95. The lowest BCUT2D eigenvalue weighted by molar-refractivity contribution is -0.116. The van der Waals surface area contributed by atoms with Crippen LogP contribution in [0.1, 0.15) is 34.7 Å². The Morgan fingerprint density at radius 2 is 1.80 bits per heavy atom. The number of aryl methyl sites for hydroxylation is 2. The normalized spacial score (nSPS) is 15.5. The van der Waals surface area contributed by atoms with Gasteiger partial charge in [-0.2, -0.15) is 14.9 Å². The third-order valence-electron chi connectivity index (χ3n) is 5.39. The Labute approximate surface area is 173 Å². The van der Waals surface area contributed by atoms with Crippen LogP contribution in [-0.2, 0) is 4.79 Å². The summed E-state index contributed by atoms with van der Waals surface area (Å²) >= 11 is 0. The quantitative estimate of drug-likeness (QED) is 0.569. The first kappa shape index (κ1) is 18.2. The maximum absolute atomic E-state index is 12.5. The van der Waals surface area contributed by atoms with Crippen molar-refractivity contribution >= 4 is 11.7 Å². The van der Waals surface area contributed by atoms with Crippen LogP contribution in [-0.4, -0.2) is 30.9 Å². The molecule has 0 saturated carbocycles. The Hall–Kier alpha value is -3.87. The van der Waals surface area contributed by atoms with E-state index in [9.17, 15) is 4.79 Å². The average molecular weight is 396 g/mol. The van der Waals surface area contributed by atoms with E-state index in [-0.39, 0.29) is 11.8 Å². The predicted molar refractivity (Wildman–Crippen MR) is 113 cm³/mol. The Morgan fingerprint density at radius 3 is 2.57 bits per heavy atom. The Balaban J connectivity index is 1.62. The van der Waals surface area contributed by atoms with Gasteiger partial charge in [-0.1, -0.05) is 60.2 Å². The summed E-state index contributed by atoms with van der Waals surface area (Å²) in [6.07, 6.45) is 2.00. The van der Waals surface area contributed by atoms with E-state index in [1.54, 1.807) is 10.9 Å². The summed E-state index contributed by atoms with van der Waals surface area (Å²) < 4.78 is 1.59. The highest BCUT2D eigenvalue weighted by Gasteiger charge is 2.33. The second kappa shape index (κ2) is 7.18. The van der Waals surface area contributed by atoms with E-state index in [4.69, 9.17) is 0 Å². The highest BCUT2D eigenvalue weighted by Crippen LogP contribution is 2.39. The number of benzene rings is 2. The van der Waals surface area contributed by atoms with Gasteiger partial charge < -0.3 is 5.32 Å². The predicted octanol–water partition coefficient (Wildman–Crippen LogP) is 3.82. The second-order valence-electron chi connectivity index (χ2n) is 7.48. The second-order valence-corrected chi connectivity index (χ2v) is 7.48. The fourth-order valence-electron chi connectivity index (χ4n) is 3.91. The van der Waals surface area contributed by atoms with E-state index in [0.29, 0.717) is 23.9 Å². The number of anilines is 1. The lowest BCUT2D eigenvalue weighted by atomic mass is 9.85. The minimum absolute atomic E-state index is 0.0543. The van der Waals surface area contributed by atoms with Crippen molar-refractivity contribution in [2.45, 2.75) is 26.2 Å². The van der Waals surface area contributed by atoms with Crippen LogP contribution >= 0.6 is 0 Å². The lowest BCUT2D eigenvalue weighted by Crippen LogP contribution is -2.25. The number of hydrogen-bond donors (Lipinski definition) is 1. The number of amides is 1. The van der Waals surface area contributed by atoms with Gasteiger partial charge in [0.15, 0.2) is 0 Å². The van der Waals surface area contributed by atoms with Crippen LogP contribution in [0.2, 0.25) is 0 Å². The number of rotatable bonds is 3. The van der Waals surface area contributed by atoms with Crippen molar-refractivity contribution in [3.8, 4) is 17.2 Å². The van der Waals surface area contributed by atoms with E-state index in [1.165, 1.54) is 5.56 Å². The number of aromatic nitrogens is 5. The van der Waals surface area contributed by atoms with Gasteiger partial charge in [0.1, 0.15) is 5.82 Å². The standard InChI is InChI=1S/C23H20N6O/c1-14-8-10-16(11-9-14)18-12-20(30)26-22-21(18)15(2)28-29(22)23-25-19(13-24-27-23)17-6-4-3-5-7-17/h3-11,13,18H,12H2,1-2H3,(H,26,30)/t18-/m0/s1. The summed E-state index contributed by atoms with van der Waals surface area (Å²) in [6, 6.07) is 18.1. The minimum Gasteiger partial charge on any atom is -0.310 e. The summed E-state index contributed by atoms with van der Waals surface area (Å²) in [5, 5.41) is 15.9. The van der Waals surface area contributed by atoms with E-state index >= 15 is 0 Å². The molecule has 0 saturated heterocycles. The van der Waals surface area contributed by atoms with Gasteiger partial charge in [0, 0.05) is 23.5 Å². The molecule has 7 nitrogen and oxygen atoms in total. The molecule has 148 valence electrons. The van der Waals surface area contributed by atoms with Crippen molar-refractivity contribution in [3.63, 3.8) is 0 Å². The van der Waals surface area contributed by atoms with E-state index in [2.05, 4.69) is 56.8 Å². The number of carbonyl (C=O) groups excluding carboxylic acids is 1. The minimum atomic E-state index is -0.0617. The molecule has 4 aromatic rings. The number of nitrogens with one attached hydrogen (secondary N) is 1. The van der Waals surface area contributed by atoms with Gasteiger partial charge in [0.2, 0.25) is 5.91 Å². The molecule has 0 bridgehead atoms. The van der Waals surface area contributed by atoms with Gasteiger partial charge >= 0.3 is 0 Å². The van der Waals surface area contributed by atoms with Crippen molar-refractivity contribution in [2.75, 3.05) is 5.32 Å². The Morgan fingerprint density at radius 1 is 1.03 bits per heavy atom. The van der Waals surface area contributed by atoms with Crippen LogP contribution in [0.4, 0.5) is 5.82 Å². The maximum Gasteiger partial charge on any atom is 0.272 e. The van der Waals surface area contributed by atoms with Crippen LogP contribution in [0.25, 0.3) is 17.2 Å². The number of nitrogens with zero attached hydrogens (tertiary/aromatic N) is 5. The fourth-order valence-corrected chi connectivity index (χ4v) is 3.91. The highest BCUT2D eigenvalue weighted by atomic mass is 16.1. The number of hydrogen-bond acceptors (Lipinski definition) is 5. The number of carbonyl (C=O) groups is 1. The lowest BCUT2D eigenvalue weighted by Gasteiger charge is -2.24. The zero-order valence-electron chi connectivity index (χ0n) is 16.7. The molecule has 1 amide bonds. The van der Waals surface area contributed by atoms with Gasteiger partial charge in [-0.25, -0.2) is 4.98 Å². The van der Waals surface area contributed by atoms with Crippen LogP contribution in [0.15, 0.2) is 60.8 Å². The molecule has 5 rings (SSSR count). The van der Waals surface area contributed by atoms with E-state index < -0.39 is 0 Å².